The number of hydrogen-bond donors (Lipinski definition) is 3. The van der Waals surface area contributed by atoms with E-state index in [0.29, 0.717) is 24.3 Å². The van der Waals surface area contributed by atoms with Gasteiger partial charge in [0.15, 0.2) is 0 Å². The van der Waals surface area contributed by atoms with Crippen molar-refractivity contribution in [2.75, 3.05) is 11.9 Å². The van der Waals surface area contributed by atoms with Gasteiger partial charge in [-0.1, -0.05) is 12.1 Å². The fourth-order valence-corrected chi connectivity index (χ4v) is 2.70. The van der Waals surface area contributed by atoms with Gasteiger partial charge in [-0.15, -0.1) is 0 Å². The molecule has 128 valence electrons. The number of carbonyl (C=O) groups is 2. The minimum absolute atomic E-state index is 0.224. The molecule has 1 aromatic heterocycles. The number of anilines is 1. The number of nitrogens with zero attached hydrogens (tertiary/aromatic N) is 1. The molecule has 3 rings (SSSR count). The molecule has 3 aromatic rings. The molecule has 0 aliphatic rings. The summed E-state index contributed by atoms with van der Waals surface area (Å²) in [6, 6.07) is 14.4. The molecule has 0 aliphatic carbocycles. The van der Waals surface area contributed by atoms with Gasteiger partial charge in [-0.05, 0) is 54.3 Å². The SMILES string of the molecule is CCN(Cc1ccc2[nH]ccc2c1)C(=O)Nc1cccc(C(N)=O)c1. The maximum absolute atomic E-state index is 12.5. The first-order valence-corrected chi connectivity index (χ1v) is 8.08. The number of aromatic nitrogens is 1. The van der Waals surface area contributed by atoms with Crippen LogP contribution in [0.15, 0.2) is 54.7 Å². The van der Waals surface area contributed by atoms with Crippen LogP contribution in [0, 0.1) is 0 Å². The molecule has 0 aliphatic heterocycles. The smallest absolute Gasteiger partial charge is 0.322 e. The van der Waals surface area contributed by atoms with Crippen molar-refractivity contribution in [3.05, 3.63) is 65.9 Å². The lowest BCUT2D eigenvalue weighted by Gasteiger charge is -2.21. The first kappa shape index (κ1) is 16.6. The number of aromatic amines is 1. The second kappa shape index (κ2) is 7.09. The van der Waals surface area contributed by atoms with Crippen molar-refractivity contribution in [1.82, 2.24) is 9.88 Å². The van der Waals surface area contributed by atoms with Crippen LogP contribution in [0.1, 0.15) is 22.8 Å². The van der Waals surface area contributed by atoms with E-state index in [4.69, 9.17) is 5.73 Å². The molecule has 6 nitrogen and oxygen atoms in total. The van der Waals surface area contributed by atoms with Gasteiger partial charge in [0.1, 0.15) is 0 Å². The summed E-state index contributed by atoms with van der Waals surface area (Å²) in [6.07, 6.45) is 1.89. The molecule has 25 heavy (non-hydrogen) atoms. The fraction of sp³-hybridized carbons (Fsp3) is 0.158. The number of hydrogen-bond acceptors (Lipinski definition) is 2. The van der Waals surface area contributed by atoms with E-state index in [2.05, 4.69) is 16.4 Å². The standard InChI is InChI=1S/C19H20N4O2/c1-2-23(12-13-6-7-17-14(10-13)8-9-21-17)19(25)22-16-5-3-4-15(11-16)18(20)24/h3-11,21H,2,12H2,1H3,(H2,20,24)(H,22,25). The molecular weight excluding hydrogens is 316 g/mol. The number of carbonyl (C=O) groups excluding carboxylic acids is 2. The summed E-state index contributed by atoms with van der Waals surface area (Å²) in [5.74, 6) is -0.525. The highest BCUT2D eigenvalue weighted by Crippen LogP contribution is 2.17. The fourth-order valence-electron chi connectivity index (χ4n) is 2.70. The number of nitrogens with two attached hydrogens (primary N) is 1. The Kier molecular flexibility index (Phi) is 4.70. The summed E-state index contributed by atoms with van der Waals surface area (Å²) >= 11 is 0. The van der Waals surface area contributed by atoms with Gasteiger partial charge in [-0.2, -0.15) is 0 Å². The maximum atomic E-state index is 12.5. The Labute approximate surface area is 145 Å². The average Bonchev–Trinajstić information content (AvgIpc) is 3.07. The third kappa shape index (κ3) is 3.80. The topological polar surface area (TPSA) is 91.2 Å². The highest BCUT2D eigenvalue weighted by Gasteiger charge is 2.13. The third-order valence-electron chi connectivity index (χ3n) is 4.06. The van der Waals surface area contributed by atoms with Crippen molar-refractivity contribution in [3.63, 3.8) is 0 Å². The third-order valence-corrected chi connectivity index (χ3v) is 4.06. The first-order valence-electron chi connectivity index (χ1n) is 8.08. The Morgan fingerprint density at radius 2 is 2.00 bits per heavy atom. The van der Waals surface area contributed by atoms with Crippen LogP contribution in [-0.4, -0.2) is 28.4 Å². The van der Waals surface area contributed by atoms with Crippen LogP contribution in [0.25, 0.3) is 10.9 Å². The molecule has 0 saturated carbocycles. The molecule has 3 amide bonds. The Balaban J connectivity index is 1.72. The number of urea groups is 1. The van der Waals surface area contributed by atoms with Gasteiger partial charge in [0, 0.05) is 36.1 Å². The quantitative estimate of drug-likeness (QED) is 0.667. The minimum atomic E-state index is -0.525. The van der Waals surface area contributed by atoms with Crippen molar-refractivity contribution < 1.29 is 9.59 Å². The zero-order valence-corrected chi connectivity index (χ0v) is 14.0. The number of fused-ring (bicyclic) bond motifs is 1. The summed E-state index contributed by atoms with van der Waals surface area (Å²) in [6.45, 7) is 2.99. The van der Waals surface area contributed by atoms with Gasteiger partial charge < -0.3 is 20.9 Å². The first-order chi connectivity index (χ1) is 12.1. The predicted octanol–water partition coefficient (Wildman–Crippen LogP) is 3.32. The summed E-state index contributed by atoms with van der Waals surface area (Å²) in [5, 5.41) is 3.93. The summed E-state index contributed by atoms with van der Waals surface area (Å²) in [4.78, 5) is 28.6. The lowest BCUT2D eigenvalue weighted by molar-refractivity contribution is 0.1000. The van der Waals surface area contributed by atoms with E-state index in [-0.39, 0.29) is 6.03 Å². The van der Waals surface area contributed by atoms with E-state index in [9.17, 15) is 9.59 Å². The van der Waals surface area contributed by atoms with Crippen LogP contribution in [0.4, 0.5) is 10.5 Å². The second-order valence-corrected chi connectivity index (χ2v) is 5.79. The van der Waals surface area contributed by atoms with Gasteiger partial charge >= 0.3 is 6.03 Å². The zero-order valence-electron chi connectivity index (χ0n) is 14.0. The number of rotatable bonds is 5. The van der Waals surface area contributed by atoms with Crippen LogP contribution >= 0.6 is 0 Å². The van der Waals surface area contributed by atoms with Crippen LogP contribution < -0.4 is 11.1 Å². The van der Waals surface area contributed by atoms with Crippen molar-refractivity contribution in [2.24, 2.45) is 5.73 Å². The molecule has 4 N–H and O–H groups in total. The molecular formula is C19H20N4O2. The molecule has 0 saturated heterocycles. The van der Waals surface area contributed by atoms with E-state index in [0.717, 1.165) is 16.5 Å². The van der Waals surface area contributed by atoms with Crippen molar-refractivity contribution in [1.29, 1.82) is 0 Å². The van der Waals surface area contributed by atoms with Crippen molar-refractivity contribution in [2.45, 2.75) is 13.5 Å². The van der Waals surface area contributed by atoms with Gasteiger partial charge in [-0.3, -0.25) is 4.79 Å². The number of primary amides is 1. The molecule has 0 spiro atoms. The van der Waals surface area contributed by atoms with E-state index >= 15 is 0 Å². The van der Waals surface area contributed by atoms with Gasteiger partial charge in [0.25, 0.3) is 0 Å². The van der Waals surface area contributed by atoms with E-state index in [1.54, 1.807) is 29.2 Å². The molecule has 0 bridgehead atoms. The summed E-state index contributed by atoms with van der Waals surface area (Å²) < 4.78 is 0. The molecule has 0 radical (unpaired) electrons. The lowest BCUT2D eigenvalue weighted by atomic mass is 10.1. The number of nitrogens with one attached hydrogen (secondary N) is 2. The van der Waals surface area contributed by atoms with E-state index < -0.39 is 5.91 Å². The predicted molar refractivity (Wildman–Crippen MR) is 98.4 cm³/mol. The molecule has 0 fully saturated rings. The average molecular weight is 336 g/mol. The number of benzene rings is 2. The highest BCUT2D eigenvalue weighted by atomic mass is 16.2. The number of H-pyrrole nitrogens is 1. The van der Waals surface area contributed by atoms with E-state index in [1.165, 1.54) is 0 Å². The highest BCUT2D eigenvalue weighted by molar-refractivity contribution is 5.95. The summed E-state index contributed by atoms with van der Waals surface area (Å²) in [5.41, 5.74) is 8.30. The van der Waals surface area contributed by atoms with Gasteiger partial charge in [-0.25, -0.2) is 4.79 Å². The molecule has 0 atom stereocenters. The Morgan fingerprint density at radius 3 is 2.76 bits per heavy atom. The number of amides is 3. The van der Waals surface area contributed by atoms with Gasteiger partial charge in [0.2, 0.25) is 5.91 Å². The minimum Gasteiger partial charge on any atom is -0.366 e. The van der Waals surface area contributed by atoms with Crippen molar-refractivity contribution >= 4 is 28.5 Å². The lowest BCUT2D eigenvalue weighted by Crippen LogP contribution is -2.34. The largest absolute Gasteiger partial charge is 0.366 e. The molecule has 0 unspecified atom stereocenters. The molecule has 6 heteroatoms. The van der Waals surface area contributed by atoms with Crippen LogP contribution in [0.2, 0.25) is 0 Å². The normalized spacial score (nSPS) is 10.6. The zero-order chi connectivity index (χ0) is 17.8. The molecule has 2 aromatic carbocycles. The Hall–Kier alpha value is -3.28. The second-order valence-electron chi connectivity index (χ2n) is 5.79. The monoisotopic (exact) mass is 336 g/mol. The van der Waals surface area contributed by atoms with Crippen LogP contribution in [-0.2, 0) is 6.54 Å². The van der Waals surface area contributed by atoms with E-state index in [1.807, 2.05) is 31.3 Å². The van der Waals surface area contributed by atoms with Crippen LogP contribution in [0.5, 0.6) is 0 Å². The maximum Gasteiger partial charge on any atom is 0.322 e. The summed E-state index contributed by atoms with van der Waals surface area (Å²) in [7, 11) is 0. The van der Waals surface area contributed by atoms with Gasteiger partial charge in [0.05, 0.1) is 0 Å². The van der Waals surface area contributed by atoms with Crippen LogP contribution in [0.3, 0.4) is 0 Å². The van der Waals surface area contributed by atoms with Crippen molar-refractivity contribution in [3.8, 4) is 0 Å². The Bertz CT molecular complexity index is 916. The molecule has 1 heterocycles. The Morgan fingerprint density at radius 1 is 1.16 bits per heavy atom.